The summed E-state index contributed by atoms with van der Waals surface area (Å²) >= 11 is 0. The number of carbonyl (C=O) groups excluding carboxylic acids is 1. The van der Waals surface area contributed by atoms with Crippen LogP contribution in [0.15, 0.2) is 23.8 Å². The van der Waals surface area contributed by atoms with Gasteiger partial charge >= 0.3 is 6.16 Å². The number of rotatable bonds is 1. The maximum absolute atomic E-state index is 11.7. The molecular formula is C21H30O4. The summed E-state index contributed by atoms with van der Waals surface area (Å²) in [4.78, 5) is 11.7. The highest BCUT2D eigenvalue weighted by Gasteiger charge is 2.59. The average Bonchev–Trinajstić information content (AvgIpc) is 2.92. The number of carbonyl (C=O) groups is 1. The predicted octanol–water partition coefficient (Wildman–Crippen LogP) is 4.24. The van der Waals surface area contributed by atoms with Gasteiger partial charge in [-0.15, -0.1) is 0 Å². The van der Waals surface area contributed by atoms with Crippen molar-refractivity contribution < 1.29 is 19.4 Å². The van der Waals surface area contributed by atoms with Crippen molar-refractivity contribution in [1.82, 2.24) is 0 Å². The number of methoxy groups -OCH3 is 1. The van der Waals surface area contributed by atoms with E-state index < -0.39 is 12.3 Å². The Hall–Kier alpha value is -1.29. The molecule has 0 aliphatic heterocycles. The summed E-state index contributed by atoms with van der Waals surface area (Å²) < 4.78 is 10.4. The van der Waals surface area contributed by atoms with Gasteiger partial charge in [-0.25, -0.2) is 4.79 Å². The fourth-order valence-corrected chi connectivity index (χ4v) is 6.63. The van der Waals surface area contributed by atoms with Crippen molar-refractivity contribution in [3.8, 4) is 0 Å². The quantitative estimate of drug-likeness (QED) is 0.570. The molecule has 0 spiro atoms. The summed E-state index contributed by atoms with van der Waals surface area (Å²) in [6, 6.07) is 0. The standard InChI is InChI=1S/C21H30O4/c1-20-10-8-14(22)12-13(20)4-5-15-16-6-7-18(25-19(23)24-3)21(16,2)11-9-17(15)20/h8,10,12,14-18,22H,4-7,9,11H2,1-3H3/t14-,15+,16+,17+,18+,20+,21+/m1/s1. The second-order valence-corrected chi connectivity index (χ2v) is 8.92. The maximum Gasteiger partial charge on any atom is 0.508 e. The highest BCUT2D eigenvalue weighted by molar-refractivity contribution is 5.60. The lowest BCUT2D eigenvalue weighted by Gasteiger charge is -2.56. The van der Waals surface area contributed by atoms with Gasteiger partial charge < -0.3 is 14.6 Å². The van der Waals surface area contributed by atoms with E-state index in [9.17, 15) is 9.90 Å². The molecule has 0 heterocycles. The largest absolute Gasteiger partial charge is 0.508 e. The van der Waals surface area contributed by atoms with Gasteiger partial charge in [-0.2, -0.15) is 0 Å². The molecular weight excluding hydrogens is 316 g/mol. The summed E-state index contributed by atoms with van der Waals surface area (Å²) in [5, 5.41) is 9.97. The fraction of sp³-hybridized carbons (Fsp3) is 0.762. The lowest BCUT2D eigenvalue weighted by molar-refractivity contribution is -0.0762. The number of hydrogen-bond donors (Lipinski definition) is 1. The molecule has 0 radical (unpaired) electrons. The molecule has 0 bridgehead atoms. The van der Waals surface area contributed by atoms with E-state index in [1.807, 2.05) is 6.08 Å². The van der Waals surface area contributed by atoms with Crippen LogP contribution in [0, 0.1) is 28.6 Å². The van der Waals surface area contributed by atoms with E-state index in [-0.39, 0.29) is 16.9 Å². The molecule has 4 rings (SSSR count). The molecule has 1 N–H and O–H groups in total. The molecule has 0 unspecified atom stereocenters. The fourth-order valence-electron chi connectivity index (χ4n) is 6.63. The third kappa shape index (κ3) is 2.48. The molecule has 3 fully saturated rings. The third-order valence-electron chi connectivity index (χ3n) is 7.98. The summed E-state index contributed by atoms with van der Waals surface area (Å²) in [5.74, 6) is 1.91. The molecule has 4 nitrogen and oxygen atoms in total. The second-order valence-electron chi connectivity index (χ2n) is 8.92. The first kappa shape index (κ1) is 17.1. The van der Waals surface area contributed by atoms with Gasteiger partial charge in [0.15, 0.2) is 0 Å². The van der Waals surface area contributed by atoms with Crippen LogP contribution in [0.2, 0.25) is 0 Å². The Balaban J connectivity index is 1.59. The smallest absolute Gasteiger partial charge is 0.438 e. The zero-order valence-electron chi connectivity index (χ0n) is 15.5. The second kappa shape index (κ2) is 5.87. The Morgan fingerprint density at radius 3 is 2.76 bits per heavy atom. The minimum absolute atomic E-state index is 0.0145. The van der Waals surface area contributed by atoms with Crippen LogP contribution < -0.4 is 0 Å². The van der Waals surface area contributed by atoms with E-state index in [1.165, 1.54) is 19.1 Å². The van der Waals surface area contributed by atoms with Crippen molar-refractivity contribution in [3.05, 3.63) is 23.8 Å². The first-order valence-electron chi connectivity index (χ1n) is 9.71. The summed E-state index contributed by atoms with van der Waals surface area (Å²) in [5.41, 5.74) is 1.59. The van der Waals surface area contributed by atoms with E-state index in [1.54, 1.807) is 0 Å². The van der Waals surface area contributed by atoms with Crippen molar-refractivity contribution in [1.29, 1.82) is 0 Å². The number of aliphatic hydroxyl groups excluding tert-OH is 1. The van der Waals surface area contributed by atoms with Crippen LogP contribution in [0.4, 0.5) is 4.79 Å². The molecule has 0 aromatic heterocycles. The maximum atomic E-state index is 11.7. The van der Waals surface area contributed by atoms with Crippen LogP contribution >= 0.6 is 0 Å². The summed E-state index contributed by atoms with van der Waals surface area (Å²) in [6.07, 6.45) is 11.9. The Labute approximate surface area is 150 Å². The van der Waals surface area contributed by atoms with Crippen LogP contribution in [0.3, 0.4) is 0 Å². The predicted molar refractivity (Wildman–Crippen MR) is 94.9 cm³/mol. The van der Waals surface area contributed by atoms with Gasteiger partial charge in [-0.3, -0.25) is 0 Å². The molecule has 0 saturated heterocycles. The van der Waals surface area contributed by atoms with Crippen LogP contribution in [0.1, 0.15) is 52.4 Å². The highest BCUT2D eigenvalue weighted by atomic mass is 16.7. The normalized spacial score (nSPS) is 48.0. The zero-order valence-corrected chi connectivity index (χ0v) is 15.5. The Kier molecular flexibility index (Phi) is 4.02. The SMILES string of the molecule is COC(=O)O[C@H]1CC[C@H]2[C@@H]3CCC4=C[C@H](O)C=C[C@]4(C)[C@H]3CC[C@]12C. The van der Waals surface area contributed by atoms with Crippen molar-refractivity contribution in [2.45, 2.75) is 64.6 Å². The monoisotopic (exact) mass is 346 g/mol. The van der Waals surface area contributed by atoms with E-state index in [0.717, 1.165) is 32.1 Å². The lowest BCUT2D eigenvalue weighted by atomic mass is 9.48. The van der Waals surface area contributed by atoms with Gasteiger partial charge in [-0.1, -0.05) is 37.6 Å². The van der Waals surface area contributed by atoms with Crippen LogP contribution in [0.5, 0.6) is 0 Å². The molecule has 0 aromatic carbocycles. The first-order valence-corrected chi connectivity index (χ1v) is 9.71. The number of fused-ring (bicyclic) bond motifs is 5. The Morgan fingerprint density at radius 1 is 1.20 bits per heavy atom. The number of hydrogen-bond acceptors (Lipinski definition) is 4. The number of aliphatic hydroxyl groups is 1. The van der Waals surface area contributed by atoms with Crippen LogP contribution in [0.25, 0.3) is 0 Å². The molecule has 25 heavy (non-hydrogen) atoms. The highest BCUT2D eigenvalue weighted by Crippen LogP contribution is 2.65. The molecule has 4 aliphatic carbocycles. The Bertz CT molecular complexity index is 623. The molecule has 0 aromatic rings. The van der Waals surface area contributed by atoms with E-state index in [2.05, 4.69) is 26.0 Å². The zero-order chi connectivity index (χ0) is 17.8. The molecule has 4 heteroatoms. The van der Waals surface area contributed by atoms with Gasteiger partial charge in [0.2, 0.25) is 0 Å². The molecule has 0 amide bonds. The van der Waals surface area contributed by atoms with Gasteiger partial charge in [0, 0.05) is 10.8 Å². The van der Waals surface area contributed by atoms with E-state index in [0.29, 0.717) is 17.8 Å². The minimum Gasteiger partial charge on any atom is -0.438 e. The van der Waals surface area contributed by atoms with Crippen LogP contribution in [-0.4, -0.2) is 30.6 Å². The minimum atomic E-state index is -0.543. The van der Waals surface area contributed by atoms with Gasteiger partial charge in [-0.05, 0) is 56.3 Å². The topological polar surface area (TPSA) is 55.8 Å². The Morgan fingerprint density at radius 2 is 2.00 bits per heavy atom. The third-order valence-corrected chi connectivity index (χ3v) is 7.98. The van der Waals surface area contributed by atoms with Crippen LogP contribution in [-0.2, 0) is 9.47 Å². The first-order chi connectivity index (χ1) is 11.9. The van der Waals surface area contributed by atoms with Gasteiger partial charge in [0.1, 0.15) is 6.10 Å². The molecule has 7 atom stereocenters. The number of ether oxygens (including phenoxy) is 2. The number of allylic oxidation sites excluding steroid dienone is 2. The van der Waals surface area contributed by atoms with Crippen molar-refractivity contribution in [2.75, 3.05) is 7.11 Å². The molecule has 3 saturated carbocycles. The lowest BCUT2D eigenvalue weighted by Crippen LogP contribution is -2.51. The van der Waals surface area contributed by atoms with Crippen molar-refractivity contribution in [2.24, 2.45) is 28.6 Å². The van der Waals surface area contributed by atoms with Gasteiger partial charge in [0.25, 0.3) is 0 Å². The van der Waals surface area contributed by atoms with Crippen molar-refractivity contribution >= 4 is 6.16 Å². The summed E-state index contributed by atoms with van der Waals surface area (Å²) in [7, 11) is 1.38. The van der Waals surface area contributed by atoms with E-state index >= 15 is 0 Å². The van der Waals surface area contributed by atoms with Crippen molar-refractivity contribution in [3.63, 3.8) is 0 Å². The molecule has 4 aliphatic rings. The summed E-state index contributed by atoms with van der Waals surface area (Å²) in [6.45, 7) is 4.68. The van der Waals surface area contributed by atoms with Gasteiger partial charge in [0.05, 0.1) is 13.2 Å². The molecule has 138 valence electrons. The average molecular weight is 346 g/mol. The van der Waals surface area contributed by atoms with E-state index in [4.69, 9.17) is 9.47 Å².